The minimum atomic E-state index is -3.55. The van der Waals surface area contributed by atoms with Crippen LogP contribution in [0.1, 0.15) is 26.2 Å². The van der Waals surface area contributed by atoms with Crippen LogP contribution >= 0.6 is 0 Å². The van der Waals surface area contributed by atoms with Crippen molar-refractivity contribution >= 4 is 15.7 Å². The Morgan fingerprint density at radius 2 is 2.16 bits per heavy atom. The fraction of sp³-hybridized carbons (Fsp3) is 0.538. The van der Waals surface area contributed by atoms with Crippen molar-refractivity contribution in [2.75, 3.05) is 12.3 Å². The molecule has 1 fully saturated rings. The third kappa shape index (κ3) is 3.19. The van der Waals surface area contributed by atoms with Crippen molar-refractivity contribution in [3.05, 3.63) is 18.2 Å². The molecule has 1 aromatic rings. The number of hydrogen-bond acceptors (Lipinski definition) is 4. The van der Waals surface area contributed by atoms with Gasteiger partial charge in [-0.1, -0.05) is 19.8 Å². The van der Waals surface area contributed by atoms with Crippen LogP contribution in [0.3, 0.4) is 0 Å². The van der Waals surface area contributed by atoms with Crippen molar-refractivity contribution in [3.8, 4) is 5.75 Å². The van der Waals surface area contributed by atoms with E-state index in [1.807, 2.05) is 0 Å². The number of benzene rings is 1. The third-order valence-corrected chi connectivity index (χ3v) is 5.31. The van der Waals surface area contributed by atoms with E-state index < -0.39 is 10.0 Å². The highest BCUT2D eigenvalue weighted by atomic mass is 32.2. The molecule has 1 aliphatic rings. The third-order valence-electron chi connectivity index (χ3n) is 3.88. The number of phenolic OH excluding ortho intramolecular Hbond substituents is 1. The number of anilines is 1. The van der Waals surface area contributed by atoms with E-state index in [0.717, 1.165) is 6.42 Å². The second kappa shape index (κ2) is 5.38. The van der Waals surface area contributed by atoms with Gasteiger partial charge in [0.05, 0.1) is 10.6 Å². The molecule has 4 N–H and O–H groups in total. The summed E-state index contributed by atoms with van der Waals surface area (Å²) in [7, 11) is -3.55. The molecule has 0 aromatic heterocycles. The van der Waals surface area contributed by atoms with Gasteiger partial charge in [-0.25, -0.2) is 13.1 Å². The SMILES string of the molecule is CC1CCCC1CNS(=O)(=O)c1ccc(O)c(N)c1. The highest BCUT2D eigenvalue weighted by Gasteiger charge is 2.25. The zero-order chi connectivity index (χ0) is 14.0. The first-order valence-corrected chi connectivity index (χ1v) is 7.96. The Balaban J connectivity index is 2.07. The number of nitrogens with one attached hydrogen (secondary N) is 1. The lowest BCUT2D eigenvalue weighted by Gasteiger charge is -2.16. The van der Waals surface area contributed by atoms with Crippen molar-refractivity contribution in [1.82, 2.24) is 4.72 Å². The summed E-state index contributed by atoms with van der Waals surface area (Å²) < 4.78 is 26.9. The van der Waals surface area contributed by atoms with Crippen molar-refractivity contribution in [2.45, 2.75) is 31.1 Å². The molecule has 1 saturated carbocycles. The smallest absolute Gasteiger partial charge is 0.240 e. The maximum absolute atomic E-state index is 12.1. The number of rotatable bonds is 4. The molecule has 1 aromatic carbocycles. The monoisotopic (exact) mass is 284 g/mol. The van der Waals surface area contributed by atoms with Gasteiger partial charge in [-0.15, -0.1) is 0 Å². The summed E-state index contributed by atoms with van der Waals surface area (Å²) in [5.41, 5.74) is 5.58. The van der Waals surface area contributed by atoms with Gasteiger partial charge in [-0.3, -0.25) is 0 Å². The van der Waals surface area contributed by atoms with E-state index in [1.165, 1.54) is 31.0 Å². The number of nitrogen functional groups attached to an aromatic ring is 1. The minimum absolute atomic E-state index is 0.0668. The van der Waals surface area contributed by atoms with Gasteiger partial charge in [-0.2, -0.15) is 0 Å². The molecule has 2 unspecified atom stereocenters. The van der Waals surface area contributed by atoms with Gasteiger partial charge in [-0.05, 0) is 36.5 Å². The molecule has 6 heteroatoms. The van der Waals surface area contributed by atoms with Crippen LogP contribution in [0, 0.1) is 11.8 Å². The van der Waals surface area contributed by atoms with Crippen LogP contribution in [0.15, 0.2) is 23.1 Å². The molecule has 2 atom stereocenters. The van der Waals surface area contributed by atoms with Gasteiger partial charge in [0.15, 0.2) is 0 Å². The first-order chi connectivity index (χ1) is 8.90. The summed E-state index contributed by atoms with van der Waals surface area (Å²) in [5.74, 6) is 0.861. The normalized spacial score (nSPS) is 23.6. The Labute approximate surface area is 113 Å². The van der Waals surface area contributed by atoms with E-state index >= 15 is 0 Å². The van der Waals surface area contributed by atoms with Crippen LogP contribution in [-0.4, -0.2) is 20.1 Å². The number of sulfonamides is 1. The van der Waals surface area contributed by atoms with Gasteiger partial charge in [0.2, 0.25) is 10.0 Å². The van der Waals surface area contributed by atoms with Crippen LogP contribution in [0.4, 0.5) is 5.69 Å². The number of phenols is 1. The Hall–Kier alpha value is -1.27. The maximum atomic E-state index is 12.1. The Bertz CT molecular complexity index is 557. The predicted octanol–water partition coefficient (Wildman–Crippen LogP) is 1.69. The van der Waals surface area contributed by atoms with Crippen LogP contribution < -0.4 is 10.5 Å². The first-order valence-electron chi connectivity index (χ1n) is 6.48. The fourth-order valence-corrected chi connectivity index (χ4v) is 3.65. The molecule has 2 rings (SSSR count). The highest BCUT2D eigenvalue weighted by Crippen LogP contribution is 2.31. The molecule has 1 aliphatic carbocycles. The Morgan fingerprint density at radius 3 is 2.74 bits per heavy atom. The van der Waals surface area contributed by atoms with Gasteiger partial charge in [0, 0.05) is 6.54 Å². The number of nitrogens with two attached hydrogens (primary N) is 1. The van der Waals surface area contributed by atoms with E-state index in [2.05, 4.69) is 11.6 Å². The quantitative estimate of drug-likeness (QED) is 0.579. The van der Waals surface area contributed by atoms with Crippen LogP contribution in [0.25, 0.3) is 0 Å². The van der Waals surface area contributed by atoms with Gasteiger partial charge < -0.3 is 10.8 Å². The molecule has 0 spiro atoms. The molecule has 0 bridgehead atoms. The fourth-order valence-electron chi connectivity index (χ4n) is 2.53. The number of aromatic hydroxyl groups is 1. The van der Waals surface area contributed by atoms with E-state index in [4.69, 9.17) is 5.73 Å². The Kier molecular flexibility index (Phi) is 4.01. The van der Waals surface area contributed by atoms with Crippen molar-refractivity contribution in [3.63, 3.8) is 0 Å². The van der Waals surface area contributed by atoms with Crippen LogP contribution in [-0.2, 0) is 10.0 Å². The summed E-state index contributed by atoms with van der Waals surface area (Å²) in [6.45, 7) is 2.62. The van der Waals surface area contributed by atoms with E-state index in [0.29, 0.717) is 18.4 Å². The Morgan fingerprint density at radius 1 is 1.42 bits per heavy atom. The first kappa shape index (κ1) is 14.1. The average molecular weight is 284 g/mol. The highest BCUT2D eigenvalue weighted by molar-refractivity contribution is 7.89. The lowest BCUT2D eigenvalue weighted by atomic mass is 9.99. The molecule has 0 amide bonds. The zero-order valence-electron chi connectivity index (χ0n) is 11.0. The topological polar surface area (TPSA) is 92.4 Å². The van der Waals surface area contributed by atoms with Gasteiger partial charge in [0.1, 0.15) is 5.75 Å². The van der Waals surface area contributed by atoms with Crippen LogP contribution in [0.2, 0.25) is 0 Å². The molecule has 0 heterocycles. The standard InChI is InChI=1S/C13H20N2O3S/c1-9-3-2-4-10(9)8-15-19(17,18)11-5-6-13(16)12(14)7-11/h5-7,9-10,15-16H,2-4,8,14H2,1H3. The molecule has 106 valence electrons. The van der Waals surface area contributed by atoms with E-state index in [1.54, 1.807) is 0 Å². The molecule has 19 heavy (non-hydrogen) atoms. The van der Waals surface area contributed by atoms with Crippen molar-refractivity contribution in [2.24, 2.45) is 11.8 Å². The second-order valence-electron chi connectivity index (χ2n) is 5.24. The molecule has 0 radical (unpaired) electrons. The van der Waals surface area contributed by atoms with Crippen molar-refractivity contribution < 1.29 is 13.5 Å². The number of hydrogen-bond donors (Lipinski definition) is 3. The summed E-state index contributed by atoms with van der Waals surface area (Å²) >= 11 is 0. The van der Waals surface area contributed by atoms with Crippen molar-refractivity contribution in [1.29, 1.82) is 0 Å². The molecule has 0 saturated heterocycles. The molecule has 5 nitrogen and oxygen atoms in total. The van der Waals surface area contributed by atoms with Gasteiger partial charge in [0.25, 0.3) is 0 Å². The molecular formula is C13H20N2O3S. The molecule has 0 aliphatic heterocycles. The van der Waals surface area contributed by atoms with Crippen LogP contribution in [0.5, 0.6) is 5.75 Å². The summed E-state index contributed by atoms with van der Waals surface area (Å²) in [4.78, 5) is 0.0912. The zero-order valence-corrected chi connectivity index (χ0v) is 11.8. The lowest BCUT2D eigenvalue weighted by Crippen LogP contribution is -2.30. The largest absolute Gasteiger partial charge is 0.506 e. The summed E-state index contributed by atoms with van der Waals surface area (Å²) in [6, 6.07) is 3.92. The second-order valence-corrected chi connectivity index (χ2v) is 7.01. The predicted molar refractivity (Wildman–Crippen MR) is 74.2 cm³/mol. The lowest BCUT2D eigenvalue weighted by molar-refractivity contribution is 0.414. The van der Waals surface area contributed by atoms with E-state index in [-0.39, 0.29) is 16.3 Å². The minimum Gasteiger partial charge on any atom is -0.506 e. The van der Waals surface area contributed by atoms with Gasteiger partial charge >= 0.3 is 0 Å². The summed E-state index contributed by atoms with van der Waals surface area (Å²) in [6.07, 6.45) is 3.40. The maximum Gasteiger partial charge on any atom is 0.240 e. The van der Waals surface area contributed by atoms with E-state index in [9.17, 15) is 13.5 Å². The molecular weight excluding hydrogens is 264 g/mol. The average Bonchev–Trinajstić information content (AvgIpc) is 2.76. The summed E-state index contributed by atoms with van der Waals surface area (Å²) in [5, 5.41) is 9.31.